The molecular formula is C38H38FN5O4. The summed E-state index contributed by atoms with van der Waals surface area (Å²) in [6.45, 7) is 9.65. The maximum atomic E-state index is 15.8. The average molecular weight is 648 g/mol. The number of halogens is 1. The lowest BCUT2D eigenvalue weighted by molar-refractivity contribution is -0.160. The van der Waals surface area contributed by atoms with Gasteiger partial charge in [-0.3, -0.25) is 9.67 Å². The molecule has 7 rings (SSSR count). The molecule has 4 aromatic heterocycles. The van der Waals surface area contributed by atoms with Crippen molar-refractivity contribution in [1.29, 1.82) is 0 Å². The van der Waals surface area contributed by atoms with Crippen LogP contribution in [0.15, 0.2) is 54.9 Å². The summed E-state index contributed by atoms with van der Waals surface area (Å²) in [4.78, 5) is 22.6. The van der Waals surface area contributed by atoms with Crippen molar-refractivity contribution in [3.05, 3.63) is 83.1 Å². The molecule has 1 atom stereocenters. The molecule has 0 fully saturated rings. The Hall–Kier alpha value is -5.09. The number of ether oxygens (including phenoxy) is 2. The second kappa shape index (κ2) is 11.6. The van der Waals surface area contributed by atoms with E-state index in [1.165, 1.54) is 6.07 Å². The van der Waals surface area contributed by atoms with Gasteiger partial charge in [0.15, 0.2) is 17.7 Å². The molecule has 6 aromatic rings. The third-order valence-electron chi connectivity index (χ3n) is 9.04. The van der Waals surface area contributed by atoms with Gasteiger partial charge in [0.2, 0.25) is 0 Å². The molecule has 0 amide bonds. The molecule has 5 heterocycles. The third kappa shape index (κ3) is 5.39. The van der Waals surface area contributed by atoms with Crippen LogP contribution in [0, 0.1) is 19.7 Å². The molecular weight excluding hydrogens is 609 g/mol. The number of aliphatic carboxylic acids is 1. The van der Waals surface area contributed by atoms with Crippen molar-refractivity contribution in [2.75, 3.05) is 6.61 Å². The number of hydrogen-bond acceptors (Lipinski definition) is 6. The van der Waals surface area contributed by atoms with Gasteiger partial charge in [0.05, 0.1) is 29.1 Å². The number of rotatable bonds is 6. The number of carboxylic acid groups (broad SMARTS) is 1. The number of aryl methyl sites for hydroxylation is 3. The van der Waals surface area contributed by atoms with E-state index in [1.807, 2.05) is 89.0 Å². The number of benzene rings is 2. The van der Waals surface area contributed by atoms with Gasteiger partial charge >= 0.3 is 5.97 Å². The second-order valence-corrected chi connectivity index (χ2v) is 13.6. The maximum Gasteiger partial charge on any atom is 0.337 e. The van der Waals surface area contributed by atoms with Crippen LogP contribution in [0.2, 0.25) is 0 Å². The predicted octanol–water partition coefficient (Wildman–Crippen LogP) is 7.88. The molecule has 246 valence electrons. The van der Waals surface area contributed by atoms with E-state index in [9.17, 15) is 9.90 Å². The van der Waals surface area contributed by atoms with Gasteiger partial charge in [-0.1, -0.05) is 12.1 Å². The number of hydrogen-bond donors (Lipinski definition) is 1. The van der Waals surface area contributed by atoms with Gasteiger partial charge in [0.25, 0.3) is 0 Å². The number of aromatic nitrogens is 5. The summed E-state index contributed by atoms with van der Waals surface area (Å²) in [5.41, 5.74) is 7.95. The van der Waals surface area contributed by atoms with Gasteiger partial charge in [0, 0.05) is 70.8 Å². The first-order chi connectivity index (χ1) is 22.8. The van der Waals surface area contributed by atoms with Gasteiger partial charge in [-0.05, 0) is 88.9 Å². The van der Waals surface area contributed by atoms with Crippen molar-refractivity contribution in [2.24, 2.45) is 14.1 Å². The SMILES string of the molecule is Cc1nc2c(cc(-c3ccnc(-c4ccc5cn(C)nc5c4)c3)n2C)c(-c2cc(F)c3c(c2C)CCCO3)c1[C@H](OC(C)(C)C)C(=O)O. The lowest BCUT2D eigenvalue weighted by Crippen LogP contribution is -2.28. The molecule has 0 aliphatic carbocycles. The second-order valence-electron chi connectivity index (χ2n) is 13.6. The first kappa shape index (κ1) is 31.5. The first-order valence-electron chi connectivity index (χ1n) is 16.1. The molecule has 1 N–H and O–H groups in total. The minimum atomic E-state index is -1.34. The van der Waals surface area contributed by atoms with E-state index >= 15 is 4.39 Å². The van der Waals surface area contributed by atoms with Crippen LogP contribution in [0.4, 0.5) is 4.39 Å². The highest BCUT2D eigenvalue weighted by Crippen LogP contribution is 2.45. The largest absolute Gasteiger partial charge is 0.490 e. The zero-order chi connectivity index (χ0) is 34.1. The third-order valence-corrected chi connectivity index (χ3v) is 9.04. The fourth-order valence-corrected chi connectivity index (χ4v) is 6.90. The molecule has 0 radical (unpaired) electrons. The number of nitrogens with zero attached hydrogens (tertiary/aromatic N) is 5. The monoisotopic (exact) mass is 647 g/mol. The van der Waals surface area contributed by atoms with Gasteiger partial charge < -0.3 is 19.1 Å². The summed E-state index contributed by atoms with van der Waals surface area (Å²) in [5.74, 6) is -1.34. The van der Waals surface area contributed by atoms with E-state index in [2.05, 4.69) is 10.1 Å². The Bertz CT molecular complexity index is 2260. The Morgan fingerprint density at radius 1 is 1.08 bits per heavy atom. The first-order valence-corrected chi connectivity index (χ1v) is 16.1. The van der Waals surface area contributed by atoms with Crippen molar-refractivity contribution in [2.45, 2.75) is 59.2 Å². The minimum Gasteiger partial charge on any atom is -0.490 e. The maximum absolute atomic E-state index is 15.8. The number of pyridine rings is 2. The van der Waals surface area contributed by atoms with E-state index in [0.29, 0.717) is 46.4 Å². The molecule has 10 heteroatoms. The smallest absolute Gasteiger partial charge is 0.337 e. The molecule has 48 heavy (non-hydrogen) atoms. The summed E-state index contributed by atoms with van der Waals surface area (Å²) in [6.07, 6.45) is 3.84. The van der Waals surface area contributed by atoms with Crippen LogP contribution in [0.3, 0.4) is 0 Å². The van der Waals surface area contributed by atoms with Crippen molar-refractivity contribution < 1.29 is 23.8 Å². The summed E-state index contributed by atoms with van der Waals surface area (Å²) >= 11 is 0. The lowest BCUT2D eigenvalue weighted by Gasteiger charge is -2.29. The Morgan fingerprint density at radius 2 is 1.88 bits per heavy atom. The predicted molar refractivity (Wildman–Crippen MR) is 184 cm³/mol. The fraction of sp³-hybridized carbons (Fsp3) is 0.316. The number of carbonyl (C=O) groups is 1. The zero-order valence-corrected chi connectivity index (χ0v) is 28.2. The molecule has 0 unspecified atom stereocenters. The molecule has 1 aliphatic rings. The Balaban J connectivity index is 1.48. The molecule has 1 aliphatic heterocycles. The lowest BCUT2D eigenvalue weighted by atomic mass is 9.86. The van der Waals surface area contributed by atoms with Crippen LogP contribution in [0.25, 0.3) is 55.6 Å². The summed E-state index contributed by atoms with van der Waals surface area (Å²) in [7, 11) is 3.83. The Labute approximate surface area is 278 Å². The van der Waals surface area contributed by atoms with Crippen molar-refractivity contribution in [3.8, 4) is 39.4 Å². The topological polar surface area (TPSA) is 104 Å². The van der Waals surface area contributed by atoms with Crippen molar-refractivity contribution in [3.63, 3.8) is 0 Å². The molecule has 2 aromatic carbocycles. The number of fused-ring (bicyclic) bond motifs is 3. The van der Waals surface area contributed by atoms with Crippen LogP contribution in [-0.4, -0.2) is 47.6 Å². The summed E-state index contributed by atoms with van der Waals surface area (Å²) < 4.78 is 31.5. The molecule has 0 saturated carbocycles. The van der Waals surface area contributed by atoms with Crippen LogP contribution in [0.1, 0.15) is 55.7 Å². The quantitative estimate of drug-likeness (QED) is 0.196. The normalized spacial score (nSPS) is 13.9. The summed E-state index contributed by atoms with van der Waals surface area (Å²) in [6, 6.07) is 13.5. The van der Waals surface area contributed by atoms with E-state index in [0.717, 1.165) is 51.0 Å². The molecule has 0 saturated heterocycles. The summed E-state index contributed by atoms with van der Waals surface area (Å²) in [5, 5.41) is 16.9. The van der Waals surface area contributed by atoms with Gasteiger partial charge in [-0.2, -0.15) is 5.10 Å². The zero-order valence-electron chi connectivity index (χ0n) is 28.2. The van der Waals surface area contributed by atoms with E-state index in [-0.39, 0.29) is 5.75 Å². The van der Waals surface area contributed by atoms with Gasteiger partial charge in [-0.25, -0.2) is 14.2 Å². The number of carboxylic acids is 1. The Morgan fingerprint density at radius 3 is 2.62 bits per heavy atom. The molecule has 0 bridgehead atoms. The van der Waals surface area contributed by atoms with Crippen LogP contribution in [0.5, 0.6) is 5.75 Å². The highest BCUT2D eigenvalue weighted by molar-refractivity contribution is 6.01. The van der Waals surface area contributed by atoms with Crippen molar-refractivity contribution >= 4 is 27.9 Å². The standard InChI is InChI=1S/C38H38FN5O4/c1-20-25-9-8-14-47-34(25)28(39)17-26(20)33-27-18-31(44(7)36(27)41-21(2)32(33)35(37(45)46)48-38(3,4)5)23-12-13-40-29(16-23)22-10-11-24-19-43(6)42-30(24)15-22/h10-13,15-19,35H,8-9,14H2,1-7H3,(H,45,46)/t35-/m0/s1. The highest BCUT2D eigenvalue weighted by Gasteiger charge is 2.34. The van der Waals surface area contributed by atoms with Crippen LogP contribution < -0.4 is 4.74 Å². The van der Waals surface area contributed by atoms with Crippen LogP contribution >= 0.6 is 0 Å². The van der Waals surface area contributed by atoms with E-state index in [1.54, 1.807) is 17.8 Å². The Kier molecular flexibility index (Phi) is 7.58. The average Bonchev–Trinajstić information content (AvgIpc) is 3.58. The molecule has 0 spiro atoms. The van der Waals surface area contributed by atoms with E-state index < -0.39 is 23.5 Å². The fourth-order valence-electron chi connectivity index (χ4n) is 6.90. The van der Waals surface area contributed by atoms with Gasteiger partial charge in [-0.15, -0.1) is 0 Å². The van der Waals surface area contributed by atoms with Crippen LogP contribution in [-0.2, 0) is 30.0 Å². The highest BCUT2D eigenvalue weighted by atomic mass is 19.1. The van der Waals surface area contributed by atoms with Gasteiger partial charge in [0.1, 0.15) is 5.65 Å². The minimum absolute atomic E-state index is 0.272. The van der Waals surface area contributed by atoms with E-state index in [4.69, 9.17) is 14.5 Å². The van der Waals surface area contributed by atoms with Crippen molar-refractivity contribution in [1.82, 2.24) is 24.3 Å². The molecule has 9 nitrogen and oxygen atoms in total.